The molecule has 1 aromatic carbocycles. The maximum atomic E-state index is 11.2. The van der Waals surface area contributed by atoms with Gasteiger partial charge in [-0.15, -0.1) is 10.2 Å². The van der Waals surface area contributed by atoms with Crippen molar-refractivity contribution in [3.63, 3.8) is 0 Å². The van der Waals surface area contributed by atoms with E-state index in [9.17, 15) is 4.79 Å². The molecule has 0 bridgehead atoms. The third kappa shape index (κ3) is 5.04. The Hall–Kier alpha value is -2.51. The lowest BCUT2D eigenvalue weighted by molar-refractivity contribution is -0.114. The molecule has 7 heteroatoms. The second-order valence-corrected chi connectivity index (χ2v) is 10.6. The number of ether oxygens (including phenoxy) is 1. The van der Waals surface area contributed by atoms with Gasteiger partial charge in [0.25, 0.3) is 0 Å². The van der Waals surface area contributed by atoms with Crippen LogP contribution in [0.1, 0.15) is 46.5 Å². The van der Waals surface area contributed by atoms with E-state index in [-0.39, 0.29) is 11.5 Å². The van der Waals surface area contributed by atoms with E-state index >= 15 is 0 Å². The second-order valence-electron chi connectivity index (χ2n) is 10.6. The summed E-state index contributed by atoms with van der Waals surface area (Å²) in [6.45, 7) is 7.97. The molecule has 0 spiro atoms. The second kappa shape index (κ2) is 9.03. The first kappa shape index (κ1) is 22.3. The molecule has 0 radical (unpaired) electrons. The molecule has 0 unspecified atom stereocenters. The van der Waals surface area contributed by atoms with E-state index in [1.807, 2.05) is 36.4 Å². The zero-order valence-electron chi connectivity index (χ0n) is 19.8. The summed E-state index contributed by atoms with van der Waals surface area (Å²) in [6.07, 6.45) is 4.69. The van der Waals surface area contributed by atoms with E-state index in [0.29, 0.717) is 18.0 Å². The first-order valence-corrected chi connectivity index (χ1v) is 12.2. The summed E-state index contributed by atoms with van der Waals surface area (Å²) >= 11 is 0. The Morgan fingerprint density at radius 3 is 2.61 bits per heavy atom. The van der Waals surface area contributed by atoms with Gasteiger partial charge in [-0.3, -0.25) is 4.79 Å². The van der Waals surface area contributed by atoms with Crippen LogP contribution < -0.4 is 16.0 Å². The standard InChI is InChI=1S/C26H35N5O2/c1-16(32)28-20-6-4-17(5-7-20)23-8-9-24(31-30-23)29-21-12-19-15-27-25(22(19)13-21)18-10-11-33-26(2,3)14-18/h4-9,18-19,21-22,25,27H,10-15H2,1-3H3,(H,28,32)(H,29,31)/t18-,19+,21-,22-,25-/m0/s1. The summed E-state index contributed by atoms with van der Waals surface area (Å²) < 4.78 is 5.96. The fourth-order valence-electron chi connectivity index (χ4n) is 6.19. The van der Waals surface area contributed by atoms with Crippen molar-refractivity contribution in [2.45, 2.75) is 64.1 Å². The van der Waals surface area contributed by atoms with Crippen LogP contribution in [0.2, 0.25) is 0 Å². The summed E-state index contributed by atoms with van der Waals surface area (Å²) in [6, 6.07) is 12.8. The highest BCUT2D eigenvalue weighted by Crippen LogP contribution is 2.44. The van der Waals surface area contributed by atoms with Crippen LogP contribution in [0.5, 0.6) is 0 Å². The number of nitrogens with zero attached hydrogens (tertiary/aromatic N) is 2. The van der Waals surface area contributed by atoms with Crippen molar-refractivity contribution in [3.05, 3.63) is 36.4 Å². The molecular weight excluding hydrogens is 414 g/mol. The number of fused-ring (bicyclic) bond motifs is 1. The summed E-state index contributed by atoms with van der Waals surface area (Å²) in [4.78, 5) is 11.2. The fraction of sp³-hybridized carbons (Fsp3) is 0.577. The molecule has 33 heavy (non-hydrogen) atoms. The molecule has 3 aliphatic rings. The Kier molecular flexibility index (Phi) is 6.10. The van der Waals surface area contributed by atoms with Crippen molar-refractivity contribution in [2.75, 3.05) is 23.8 Å². The largest absolute Gasteiger partial charge is 0.376 e. The summed E-state index contributed by atoms with van der Waals surface area (Å²) in [7, 11) is 0. The Bertz CT molecular complexity index is 975. The number of rotatable bonds is 5. The number of carbonyl (C=O) groups is 1. The molecule has 2 aromatic rings. The van der Waals surface area contributed by atoms with Gasteiger partial charge in [-0.05, 0) is 88.1 Å². The van der Waals surface area contributed by atoms with Crippen LogP contribution in [0.25, 0.3) is 11.3 Å². The van der Waals surface area contributed by atoms with Crippen molar-refractivity contribution in [1.29, 1.82) is 0 Å². The number of benzene rings is 1. The molecule has 2 aliphatic heterocycles. The van der Waals surface area contributed by atoms with E-state index in [1.54, 1.807) is 0 Å². The van der Waals surface area contributed by atoms with Gasteiger partial charge in [0.1, 0.15) is 5.82 Å². The number of carbonyl (C=O) groups excluding carboxylic acids is 1. The van der Waals surface area contributed by atoms with Gasteiger partial charge < -0.3 is 20.7 Å². The van der Waals surface area contributed by atoms with Crippen LogP contribution in [0.15, 0.2) is 36.4 Å². The van der Waals surface area contributed by atoms with E-state index in [4.69, 9.17) is 4.74 Å². The molecule has 3 fully saturated rings. The Morgan fingerprint density at radius 1 is 1.09 bits per heavy atom. The highest BCUT2D eigenvalue weighted by molar-refractivity contribution is 5.88. The Balaban J connectivity index is 1.18. The molecule has 1 aromatic heterocycles. The predicted octanol–water partition coefficient (Wildman–Crippen LogP) is 4.09. The minimum atomic E-state index is -0.0762. The van der Waals surface area contributed by atoms with Crippen molar-refractivity contribution >= 4 is 17.4 Å². The average Bonchev–Trinajstić information content (AvgIpc) is 3.34. The number of hydrogen-bond donors (Lipinski definition) is 3. The molecule has 3 N–H and O–H groups in total. The van der Waals surface area contributed by atoms with Crippen molar-refractivity contribution < 1.29 is 9.53 Å². The first-order valence-electron chi connectivity index (χ1n) is 12.2. The number of amides is 1. The monoisotopic (exact) mass is 449 g/mol. The molecule has 1 aliphatic carbocycles. The predicted molar refractivity (Wildman–Crippen MR) is 130 cm³/mol. The lowest BCUT2D eigenvalue weighted by Crippen LogP contribution is -2.44. The van der Waals surface area contributed by atoms with Crippen molar-refractivity contribution in [3.8, 4) is 11.3 Å². The highest BCUT2D eigenvalue weighted by Gasteiger charge is 2.47. The molecule has 176 valence electrons. The van der Waals surface area contributed by atoms with E-state index < -0.39 is 0 Å². The minimum Gasteiger partial charge on any atom is -0.376 e. The number of hydrogen-bond acceptors (Lipinski definition) is 6. The summed E-state index contributed by atoms with van der Waals surface area (Å²) in [5.41, 5.74) is 2.58. The lowest BCUT2D eigenvalue weighted by Gasteiger charge is -2.40. The van der Waals surface area contributed by atoms with E-state index in [2.05, 4.69) is 40.0 Å². The number of nitrogens with one attached hydrogen (secondary N) is 3. The quantitative estimate of drug-likeness (QED) is 0.637. The van der Waals surface area contributed by atoms with Gasteiger partial charge >= 0.3 is 0 Å². The van der Waals surface area contributed by atoms with Crippen LogP contribution in [0.3, 0.4) is 0 Å². The maximum absolute atomic E-state index is 11.2. The van der Waals surface area contributed by atoms with Crippen molar-refractivity contribution in [1.82, 2.24) is 15.5 Å². The van der Waals surface area contributed by atoms with Gasteiger partial charge in [-0.25, -0.2) is 0 Å². The third-order valence-corrected chi connectivity index (χ3v) is 7.59. The van der Waals surface area contributed by atoms with Gasteiger partial charge in [-0.2, -0.15) is 0 Å². The summed E-state index contributed by atoms with van der Waals surface area (Å²) in [5.74, 6) is 2.95. The molecule has 3 heterocycles. The number of anilines is 2. The van der Waals surface area contributed by atoms with Crippen LogP contribution >= 0.6 is 0 Å². The van der Waals surface area contributed by atoms with Gasteiger partial charge in [0.15, 0.2) is 0 Å². The molecule has 1 amide bonds. The molecule has 7 nitrogen and oxygen atoms in total. The lowest BCUT2D eigenvalue weighted by atomic mass is 9.78. The maximum Gasteiger partial charge on any atom is 0.221 e. The van der Waals surface area contributed by atoms with Crippen LogP contribution in [-0.4, -0.2) is 46.9 Å². The molecule has 1 saturated carbocycles. The van der Waals surface area contributed by atoms with Crippen LogP contribution in [0, 0.1) is 17.8 Å². The average molecular weight is 450 g/mol. The van der Waals surface area contributed by atoms with E-state index in [1.165, 1.54) is 26.2 Å². The van der Waals surface area contributed by atoms with Crippen LogP contribution in [-0.2, 0) is 9.53 Å². The van der Waals surface area contributed by atoms with Gasteiger partial charge in [0, 0.05) is 36.9 Å². The molecule has 5 rings (SSSR count). The summed E-state index contributed by atoms with van der Waals surface area (Å²) in [5, 5.41) is 19.2. The van der Waals surface area contributed by atoms with Gasteiger partial charge in [0.05, 0.1) is 11.3 Å². The molecular formula is C26H35N5O2. The smallest absolute Gasteiger partial charge is 0.221 e. The Morgan fingerprint density at radius 2 is 1.91 bits per heavy atom. The SMILES string of the molecule is CC(=O)Nc1ccc(-c2ccc(N[C@H]3C[C@@H]4CN[C@@H]([C@H]5CCOC(C)(C)C5)[C@H]4C3)nn2)cc1. The van der Waals surface area contributed by atoms with Crippen LogP contribution in [0.4, 0.5) is 11.5 Å². The van der Waals surface area contributed by atoms with E-state index in [0.717, 1.165) is 54.2 Å². The zero-order chi connectivity index (χ0) is 23.0. The first-order chi connectivity index (χ1) is 15.9. The zero-order valence-corrected chi connectivity index (χ0v) is 19.8. The molecule has 2 saturated heterocycles. The van der Waals surface area contributed by atoms with Gasteiger partial charge in [-0.1, -0.05) is 12.1 Å². The number of aromatic nitrogens is 2. The highest BCUT2D eigenvalue weighted by atomic mass is 16.5. The van der Waals surface area contributed by atoms with Crippen molar-refractivity contribution in [2.24, 2.45) is 17.8 Å². The fourth-order valence-corrected chi connectivity index (χ4v) is 6.19. The third-order valence-electron chi connectivity index (χ3n) is 7.59. The normalized spacial score (nSPS) is 30.6. The topological polar surface area (TPSA) is 88.2 Å². The minimum absolute atomic E-state index is 0.000530. The van der Waals surface area contributed by atoms with Gasteiger partial charge in [0.2, 0.25) is 5.91 Å². The Labute approximate surface area is 196 Å². The molecule has 5 atom stereocenters.